The highest BCUT2D eigenvalue weighted by Crippen LogP contribution is 2.25. The van der Waals surface area contributed by atoms with Gasteiger partial charge in [0.2, 0.25) is 0 Å². The summed E-state index contributed by atoms with van der Waals surface area (Å²) < 4.78 is 5.42. The van der Waals surface area contributed by atoms with Gasteiger partial charge in [0.1, 0.15) is 12.4 Å². The van der Waals surface area contributed by atoms with Crippen LogP contribution < -0.4 is 10.5 Å². The monoisotopic (exact) mass is 245 g/mol. The number of halogens is 2. The van der Waals surface area contributed by atoms with Crippen LogP contribution in [0.1, 0.15) is 5.56 Å². The molecule has 1 aromatic rings. The topological polar surface area (TPSA) is 35.2 Å². The molecule has 0 saturated carbocycles. The number of rotatable bonds is 4. The van der Waals surface area contributed by atoms with Gasteiger partial charge >= 0.3 is 0 Å². The van der Waals surface area contributed by atoms with Crippen molar-refractivity contribution in [1.29, 1.82) is 0 Å². The number of hydrogen-bond acceptors (Lipinski definition) is 2. The van der Waals surface area contributed by atoms with E-state index in [1.165, 1.54) is 0 Å². The smallest absolute Gasteiger partial charge is 0.138 e. The van der Waals surface area contributed by atoms with Crippen molar-refractivity contribution in [3.8, 4) is 5.75 Å². The molecule has 82 valence electrons. The average Bonchev–Trinajstić information content (AvgIpc) is 2.17. The van der Waals surface area contributed by atoms with Crippen LogP contribution in [0, 0.1) is 6.92 Å². The molecule has 0 aliphatic heterocycles. The normalized spacial score (nSPS) is 11.6. The van der Waals surface area contributed by atoms with Crippen LogP contribution in [0.3, 0.4) is 0 Å². The Hall–Kier alpha value is -0.700. The number of hydrogen-bond donors (Lipinski definition) is 1. The van der Waals surface area contributed by atoms with Gasteiger partial charge in [-0.2, -0.15) is 0 Å². The van der Waals surface area contributed by atoms with Crippen LogP contribution >= 0.6 is 23.2 Å². The van der Waals surface area contributed by atoms with Gasteiger partial charge in [-0.25, -0.2) is 0 Å². The minimum absolute atomic E-state index is 0.293. The first kappa shape index (κ1) is 12.4. The second kappa shape index (κ2) is 6.01. The molecule has 1 aromatic carbocycles. The van der Waals surface area contributed by atoms with E-state index in [0.717, 1.165) is 5.56 Å². The molecule has 0 aliphatic rings. The SMILES string of the molecule is Cc1ccc(OC/C(Cl)=C\CN)c(Cl)c1. The lowest BCUT2D eigenvalue weighted by Gasteiger charge is -2.07. The van der Waals surface area contributed by atoms with Crippen LogP contribution in [0.2, 0.25) is 5.02 Å². The third-order valence-corrected chi connectivity index (χ3v) is 2.35. The Morgan fingerprint density at radius 2 is 2.27 bits per heavy atom. The number of nitrogens with two attached hydrogens (primary N) is 1. The molecule has 0 aliphatic carbocycles. The average molecular weight is 246 g/mol. The fourth-order valence-electron chi connectivity index (χ4n) is 1.06. The van der Waals surface area contributed by atoms with Gasteiger partial charge in [0.15, 0.2) is 0 Å². The van der Waals surface area contributed by atoms with Gasteiger partial charge in [-0.1, -0.05) is 35.3 Å². The lowest BCUT2D eigenvalue weighted by molar-refractivity contribution is 0.359. The quantitative estimate of drug-likeness (QED) is 0.885. The minimum Gasteiger partial charge on any atom is -0.486 e. The summed E-state index contributed by atoms with van der Waals surface area (Å²) in [6, 6.07) is 5.60. The molecule has 0 radical (unpaired) electrons. The Morgan fingerprint density at radius 1 is 1.53 bits per heavy atom. The molecule has 0 atom stereocenters. The molecule has 0 heterocycles. The van der Waals surface area contributed by atoms with Gasteiger partial charge in [0, 0.05) is 6.54 Å². The lowest BCUT2D eigenvalue weighted by Crippen LogP contribution is -2.01. The third-order valence-electron chi connectivity index (χ3n) is 1.79. The molecular weight excluding hydrogens is 233 g/mol. The zero-order valence-corrected chi connectivity index (χ0v) is 9.98. The fourth-order valence-corrected chi connectivity index (χ4v) is 1.49. The van der Waals surface area contributed by atoms with E-state index in [2.05, 4.69) is 0 Å². The van der Waals surface area contributed by atoms with E-state index in [0.29, 0.717) is 29.0 Å². The molecule has 0 fully saturated rings. The van der Waals surface area contributed by atoms with Crippen molar-refractivity contribution in [2.24, 2.45) is 5.73 Å². The van der Waals surface area contributed by atoms with Crippen LogP contribution in [-0.2, 0) is 0 Å². The summed E-state index contributed by atoms with van der Waals surface area (Å²) in [6.07, 6.45) is 1.70. The van der Waals surface area contributed by atoms with Crippen LogP contribution in [-0.4, -0.2) is 13.2 Å². The van der Waals surface area contributed by atoms with Crippen molar-refractivity contribution >= 4 is 23.2 Å². The second-order valence-electron chi connectivity index (χ2n) is 3.11. The first-order valence-electron chi connectivity index (χ1n) is 4.57. The van der Waals surface area contributed by atoms with Gasteiger partial charge < -0.3 is 10.5 Å². The molecule has 2 nitrogen and oxygen atoms in total. The molecule has 0 unspecified atom stereocenters. The van der Waals surface area contributed by atoms with Gasteiger partial charge in [-0.3, -0.25) is 0 Å². The summed E-state index contributed by atoms with van der Waals surface area (Å²) in [5.41, 5.74) is 6.40. The molecule has 4 heteroatoms. The summed E-state index contributed by atoms with van der Waals surface area (Å²) in [5, 5.41) is 1.17. The van der Waals surface area contributed by atoms with E-state index in [1.807, 2.05) is 25.1 Å². The minimum atomic E-state index is 0.293. The maximum Gasteiger partial charge on any atom is 0.138 e. The predicted molar refractivity (Wildman–Crippen MR) is 64.7 cm³/mol. The number of aryl methyl sites for hydroxylation is 1. The van der Waals surface area contributed by atoms with Gasteiger partial charge in [0.25, 0.3) is 0 Å². The highest BCUT2D eigenvalue weighted by molar-refractivity contribution is 6.32. The largest absolute Gasteiger partial charge is 0.486 e. The van der Waals surface area contributed by atoms with Gasteiger partial charge in [-0.05, 0) is 24.6 Å². The maximum atomic E-state index is 5.98. The van der Waals surface area contributed by atoms with Crippen LogP contribution in [0.15, 0.2) is 29.3 Å². The summed E-state index contributed by atoms with van der Waals surface area (Å²) in [7, 11) is 0. The van der Waals surface area contributed by atoms with E-state index in [9.17, 15) is 0 Å². The summed E-state index contributed by atoms with van der Waals surface area (Å²) in [4.78, 5) is 0. The van der Waals surface area contributed by atoms with Crippen LogP contribution in [0.25, 0.3) is 0 Å². The van der Waals surface area contributed by atoms with Gasteiger partial charge in [0.05, 0.1) is 10.1 Å². The number of ether oxygens (including phenoxy) is 1. The lowest BCUT2D eigenvalue weighted by atomic mass is 10.2. The molecule has 0 spiro atoms. The predicted octanol–water partition coefficient (Wildman–Crippen LogP) is 3.11. The first-order chi connectivity index (χ1) is 7.13. The maximum absolute atomic E-state index is 5.98. The Balaban J connectivity index is 2.62. The molecule has 0 amide bonds. The zero-order valence-electron chi connectivity index (χ0n) is 8.47. The van der Waals surface area contributed by atoms with Crippen LogP contribution in [0.4, 0.5) is 0 Å². The number of benzene rings is 1. The first-order valence-corrected chi connectivity index (χ1v) is 5.32. The van der Waals surface area contributed by atoms with Crippen molar-refractivity contribution in [3.63, 3.8) is 0 Å². The molecule has 0 bridgehead atoms. The van der Waals surface area contributed by atoms with Crippen molar-refractivity contribution < 1.29 is 4.74 Å². The Kier molecular flexibility index (Phi) is 4.95. The summed E-state index contributed by atoms with van der Waals surface area (Å²) in [6.45, 7) is 2.67. The van der Waals surface area contributed by atoms with E-state index >= 15 is 0 Å². The van der Waals surface area contributed by atoms with Crippen molar-refractivity contribution in [3.05, 3.63) is 39.9 Å². The molecule has 2 N–H and O–H groups in total. The van der Waals surface area contributed by atoms with Crippen LogP contribution in [0.5, 0.6) is 5.75 Å². The van der Waals surface area contributed by atoms with E-state index in [-0.39, 0.29) is 0 Å². The summed E-state index contributed by atoms with van der Waals surface area (Å²) in [5.74, 6) is 0.630. The molecule has 0 saturated heterocycles. The molecule has 1 rings (SSSR count). The van der Waals surface area contributed by atoms with Crippen molar-refractivity contribution in [2.75, 3.05) is 13.2 Å². The van der Waals surface area contributed by atoms with Gasteiger partial charge in [-0.15, -0.1) is 0 Å². The standard InChI is InChI=1S/C11H13Cl2NO/c1-8-2-3-11(10(13)6-8)15-7-9(12)4-5-14/h2-4,6H,5,7,14H2,1H3/b9-4+. The summed E-state index contributed by atoms with van der Waals surface area (Å²) >= 11 is 11.8. The zero-order chi connectivity index (χ0) is 11.3. The molecule has 0 aromatic heterocycles. The Bertz CT molecular complexity index is 364. The fraction of sp³-hybridized carbons (Fsp3) is 0.273. The second-order valence-corrected chi connectivity index (χ2v) is 4.00. The van der Waals surface area contributed by atoms with Crippen molar-refractivity contribution in [1.82, 2.24) is 0 Å². The molecule has 15 heavy (non-hydrogen) atoms. The van der Waals surface area contributed by atoms with E-state index in [4.69, 9.17) is 33.7 Å². The molecular formula is C11H13Cl2NO. The van der Waals surface area contributed by atoms with E-state index in [1.54, 1.807) is 6.08 Å². The van der Waals surface area contributed by atoms with E-state index < -0.39 is 0 Å². The third kappa shape index (κ3) is 4.12. The highest BCUT2D eigenvalue weighted by atomic mass is 35.5. The highest BCUT2D eigenvalue weighted by Gasteiger charge is 2.01. The van der Waals surface area contributed by atoms with Crippen molar-refractivity contribution in [2.45, 2.75) is 6.92 Å². The Labute approximate surface area is 99.6 Å². The Morgan fingerprint density at radius 3 is 2.87 bits per heavy atom.